The van der Waals surface area contributed by atoms with Gasteiger partial charge in [-0.3, -0.25) is 4.79 Å². The van der Waals surface area contributed by atoms with Gasteiger partial charge in [0.05, 0.1) is 12.6 Å². The number of likely N-dealkylation sites (N-methyl/N-ethyl adjacent to an activating group) is 1. The summed E-state index contributed by atoms with van der Waals surface area (Å²) >= 11 is 1.70. The van der Waals surface area contributed by atoms with Crippen molar-refractivity contribution >= 4 is 41.0 Å². The second kappa shape index (κ2) is 8.32. The largest absolute Gasteiger partial charge is 0.459 e. The van der Waals surface area contributed by atoms with Crippen LogP contribution in [-0.4, -0.2) is 35.9 Å². The summed E-state index contributed by atoms with van der Waals surface area (Å²) in [5, 5.41) is 1.05. The van der Waals surface area contributed by atoms with Gasteiger partial charge in [-0.05, 0) is 30.6 Å². The van der Waals surface area contributed by atoms with Gasteiger partial charge in [0.2, 0.25) is 5.91 Å². The quantitative estimate of drug-likeness (QED) is 0.885. The number of para-hydroxylation sites is 1. The van der Waals surface area contributed by atoms with Crippen LogP contribution in [0.25, 0.3) is 11.0 Å². The van der Waals surface area contributed by atoms with Crippen LogP contribution in [0.5, 0.6) is 0 Å². The first kappa shape index (κ1) is 17.9. The Hall–Kier alpha value is -1.17. The molecule has 2 rings (SSSR count). The fourth-order valence-electron chi connectivity index (χ4n) is 2.08. The van der Waals surface area contributed by atoms with Crippen LogP contribution in [0.3, 0.4) is 0 Å². The average molecular weight is 329 g/mol. The standard InChI is InChI=1S/C15H20N2O2S.ClH/c1-17(15(18)13(16)7-8-20-2)10-12-9-11-5-3-4-6-14(11)19-12;/h3-6,9,13H,7-8,10,16H2,1-2H3;1H/t13-;/m0./s1. The van der Waals surface area contributed by atoms with Crippen molar-refractivity contribution in [3.63, 3.8) is 0 Å². The first-order valence-corrected chi connectivity index (χ1v) is 7.98. The third-order valence-electron chi connectivity index (χ3n) is 3.20. The molecule has 1 atom stereocenters. The van der Waals surface area contributed by atoms with E-state index in [2.05, 4.69) is 0 Å². The van der Waals surface area contributed by atoms with Crippen LogP contribution >= 0.6 is 24.2 Å². The average Bonchev–Trinajstić information content (AvgIpc) is 2.85. The lowest BCUT2D eigenvalue weighted by Crippen LogP contribution is -2.41. The van der Waals surface area contributed by atoms with E-state index in [0.717, 1.165) is 22.5 Å². The fourth-order valence-corrected chi connectivity index (χ4v) is 2.57. The second-order valence-corrected chi connectivity index (χ2v) is 5.82. The number of thioether (sulfide) groups is 1. The molecule has 116 valence electrons. The zero-order chi connectivity index (χ0) is 14.5. The molecule has 4 nitrogen and oxygen atoms in total. The lowest BCUT2D eigenvalue weighted by Gasteiger charge is -2.20. The van der Waals surface area contributed by atoms with Gasteiger partial charge >= 0.3 is 0 Å². The number of furan rings is 1. The predicted octanol–water partition coefficient (Wildman–Crippen LogP) is 2.89. The SMILES string of the molecule is CSCC[C@H](N)C(=O)N(C)Cc1cc2ccccc2o1.Cl. The summed E-state index contributed by atoms with van der Waals surface area (Å²) in [5.74, 6) is 1.63. The molecule has 6 heteroatoms. The normalized spacial score (nSPS) is 12.0. The minimum atomic E-state index is -0.433. The number of fused-ring (bicyclic) bond motifs is 1. The molecule has 1 aromatic heterocycles. The van der Waals surface area contributed by atoms with Gasteiger partial charge in [0.25, 0.3) is 0 Å². The number of halogens is 1. The van der Waals surface area contributed by atoms with E-state index in [-0.39, 0.29) is 18.3 Å². The summed E-state index contributed by atoms with van der Waals surface area (Å²) in [7, 11) is 1.76. The topological polar surface area (TPSA) is 59.5 Å². The van der Waals surface area contributed by atoms with E-state index >= 15 is 0 Å². The van der Waals surface area contributed by atoms with Crippen LogP contribution < -0.4 is 5.73 Å². The van der Waals surface area contributed by atoms with Gasteiger partial charge in [0.1, 0.15) is 11.3 Å². The summed E-state index contributed by atoms with van der Waals surface area (Å²) in [4.78, 5) is 13.7. The van der Waals surface area contributed by atoms with E-state index in [0.29, 0.717) is 13.0 Å². The third-order valence-corrected chi connectivity index (χ3v) is 3.84. The van der Waals surface area contributed by atoms with Gasteiger partial charge in [-0.25, -0.2) is 0 Å². The number of carbonyl (C=O) groups is 1. The van der Waals surface area contributed by atoms with Gasteiger partial charge < -0.3 is 15.1 Å². The van der Waals surface area contributed by atoms with Crippen LogP contribution in [0.1, 0.15) is 12.2 Å². The zero-order valence-corrected chi connectivity index (χ0v) is 13.9. The Bertz CT molecular complexity index is 555. The Labute approximate surface area is 135 Å². The van der Waals surface area contributed by atoms with E-state index in [9.17, 15) is 4.79 Å². The summed E-state index contributed by atoms with van der Waals surface area (Å²) in [5.41, 5.74) is 6.74. The Morgan fingerprint density at radius 1 is 1.43 bits per heavy atom. The van der Waals surface area contributed by atoms with Crippen molar-refractivity contribution in [3.8, 4) is 0 Å². The Morgan fingerprint density at radius 2 is 2.14 bits per heavy atom. The van der Waals surface area contributed by atoms with Crippen molar-refractivity contribution in [2.24, 2.45) is 5.73 Å². The highest BCUT2D eigenvalue weighted by atomic mass is 35.5. The monoisotopic (exact) mass is 328 g/mol. The fraction of sp³-hybridized carbons (Fsp3) is 0.400. The van der Waals surface area contributed by atoms with Crippen LogP contribution in [0.4, 0.5) is 0 Å². The first-order valence-electron chi connectivity index (χ1n) is 6.58. The molecule has 0 aliphatic heterocycles. The van der Waals surface area contributed by atoms with E-state index in [1.165, 1.54) is 0 Å². The van der Waals surface area contributed by atoms with Crippen molar-refractivity contribution in [2.45, 2.75) is 19.0 Å². The van der Waals surface area contributed by atoms with Crippen LogP contribution in [0.15, 0.2) is 34.7 Å². The molecule has 0 aliphatic rings. The number of benzene rings is 1. The maximum atomic E-state index is 12.1. The highest BCUT2D eigenvalue weighted by Gasteiger charge is 2.18. The molecule has 0 radical (unpaired) electrons. The van der Waals surface area contributed by atoms with Crippen molar-refractivity contribution in [1.82, 2.24) is 4.90 Å². The summed E-state index contributed by atoms with van der Waals surface area (Å²) in [6.45, 7) is 0.445. The Morgan fingerprint density at radius 3 is 2.81 bits per heavy atom. The molecule has 2 N–H and O–H groups in total. The summed E-state index contributed by atoms with van der Waals surface area (Å²) in [6, 6.07) is 9.35. The van der Waals surface area contributed by atoms with Crippen molar-refractivity contribution in [1.29, 1.82) is 0 Å². The molecule has 0 spiro atoms. The molecule has 21 heavy (non-hydrogen) atoms. The molecule has 0 aliphatic carbocycles. The second-order valence-electron chi connectivity index (χ2n) is 4.83. The zero-order valence-electron chi connectivity index (χ0n) is 12.2. The van der Waals surface area contributed by atoms with Gasteiger partial charge in [0.15, 0.2) is 0 Å². The summed E-state index contributed by atoms with van der Waals surface area (Å²) in [6.07, 6.45) is 2.71. The minimum absolute atomic E-state index is 0. The molecule has 1 heterocycles. The highest BCUT2D eigenvalue weighted by Crippen LogP contribution is 2.19. The predicted molar refractivity (Wildman–Crippen MR) is 90.9 cm³/mol. The number of rotatable bonds is 6. The lowest BCUT2D eigenvalue weighted by molar-refractivity contribution is -0.132. The first-order chi connectivity index (χ1) is 9.61. The molecule has 0 fully saturated rings. The number of amides is 1. The van der Waals surface area contributed by atoms with E-state index in [1.807, 2.05) is 36.6 Å². The van der Waals surface area contributed by atoms with Gasteiger partial charge in [-0.2, -0.15) is 11.8 Å². The number of carbonyl (C=O) groups excluding carboxylic acids is 1. The summed E-state index contributed by atoms with van der Waals surface area (Å²) < 4.78 is 5.71. The van der Waals surface area contributed by atoms with E-state index in [1.54, 1.807) is 23.7 Å². The van der Waals surface area contributed by atoms with Crippen LogP contribution in [0.2, 0.25) is 0 Å². The molecular formula is C15H21ClN2O2S. The molecule has 1 amide bonds. The lowest BCUT2D eigenvalue weighted by atomic mass is 10.2. The number of nitrogens with zero attached hydrogens (tertiary/aromatic N) is 1. The molecular weight excluding hydrogens is 308 g/mol. The molecule has 0 saturated heterocycles. The van der Waals surface area contributed by atoms with Crippen molar-refractivity contribution in [2.75, 3.05) is 19.1 Å². The Kier molecular flexibility index (Phi) is 7.08. The third kappa shape index (κ3) is 4.66. The molecule has 0 unspecified atom stereocenters. The van der Waals surface area contributed by atoms with Crippen molar-refractivity contribution in [3.05, 3.63) is 36.1 Å². The molecule has 0 saturated carbocycles. The maximum absolute atomic E-state index is 12.1. The Balaban J connectivity index is 0.00000220. The van der Waals surface area contributed by atoms with Gasteiger partial charge in [0, 0.05) is 12.4 Å². The number of nitrogens with two attached hydrogens (primary N) is 1. The smallest absolute Gasteiger partial charge is 0.239 e. The molecule has 0 bridgehead atoms. The minimum Gasteiger partial charge on any atom is -0.459 e. The van der Waals surface area contributed by atoms with E-state index in [4.69, 9.17) is 10.2 Å². The van der Waals surface area contributed by atoms with E-state index < -0.39 is 6.04 Å². The highest BCUT2D eigenvalue weighted by molar-refractivity contribution is 7.98. The molecule has 1 aromatic carbocycles. The van der Waals surface area contributed by atoms with Gasteiger partial charge in [-0.15, -0.1) is 12.4 Å². The van der Waals surface area contributed by atoms with Crippen molar-refractivity contribution < 1.29 is 9.21 Å². The van der Waals surface area contributed by atoms with Gasteiger partial charge in [-0.1, -0.05) is 18.2 Å². The van der Waals surface area contributed by atoms with Crippen LogP contribution in [-0.2, 0) is 11.3 Å². The van der Waals surface area contributed by atoms with Crippen LogP contribution in [0, 0.1) is 0 Å². The number of hydrogen-bond donors (Lipinski definition) is 1. The number of hydrogen-bond acceptors (Lipinski definition) is 4. The maximum Gasteiger partial charge on any atom is 0.239 e. The molecule has 2 aromatic rings.